The molecule has 7 nitrogen and oxygen atoms in total. The summed E-state index contributed by atoms with van der Waals surface area (Å²) < 4.78 is 22.3. The number of hydrogen-bond acceptors (Lipinski definition) is 6. The van der Waals surface area contributed by atoms with Gasteiger partial charge in [0.1, 0.15) is 12.0 Å². The molecule has 2 aromatic carbocycles. The van der Waals surface area contributed by atoms with Gasteiger partial charge in [-0.05, 0) is 48.7 Å². The predicted octanol–water partition coefficient (Wildman–Crippen LogP) is 4.04. The van der Waals surface area contributed by atoms with Crippen LogP contribution in [0.3, 0.4) is 0 Å². The summed E-state index contributed by atoms with van der Waals surface area (Å²) in [6, 6.07) is 13.0. The van der Waals surface area contributed by atoms with Gasteiger partial charge in [-0.2, -0.15) is 0 Å². The fraction of sp³-hybridized carbons (Fsp3) is 0.458. The summed E-state index contributed by atoms with van der Waals surface area (Å²) >= 11 is 0. The molecule has 2 aliphatic heterocycles. The third kappa shape index (κ3) is 4.20. The second-order valence-electron chi connectivity index (χ2n) is 7.97. The third-order valence-electron chi connectivity index (χ3n) is 6.14. The molecule has 7 heteroatoms. The third-order valence-corrected chi connectivity index (χ3v) is 6.14. The molecule has 1 fully saturated rings. The zero-order chi connectivity index (χ0) is 22.0. The molecule has 2 heterocycles. The number of methoxy groups -OCH3 is 1. The lowest BCUT2D eigenvalue weighted by molar-refractivity contribution is -0.144. The zero-order valence-corrected chi connectivity index (χ0v) is 18.1. The van der Waals surface area contributed by atoms with Crippen LogP contribution in [-0.2, 0) is 9.53 Å². The Morgan fingerprint density at radius 1 is 1.16 bits per heavy atom. The van der Waals surface area contributed by atoms with Gasteiger partial charge in [-0.25, -0.2) is 0 Å². The van der Waals surface area contributed by atoms with Gasteiger partial charge in [0.2, 0.25) is 6.79 Å². The zero-order valence-electron chi connectivity index (χ0n) is 18.1. The normalized spacial score (nSPS) is 23.6. The number of carbonyl (C=O) groups is 1. The van der Waals surface area contributed by atoms with Gasteiger partial charge in [-0.1, -0.05) is 25.1 Å². The largest absolute Gasteiger partial charge is 0.497 e. The summed E-state index contributed by atoms with van der Waals surface area (Å²) in [5.41, 5.74) is 1.86. The van der Waals surface area contributed by atoms with E-state index in [1.807, 2.05) is 49.4 Å². The highest BCUT2D eigenvalue weighted by Gasteiger charge is 2.49. The van der Waals surface area contributed by atoms with Crippen LogP contribution in [0.25, 0.3) is 0 Å². The van der Waals surface area contributed by atoms with Crippen molar-refractivity contribution in [2.45, 2.75) is 38.5 Å². The van der Waals surface area contributed by atoms with Crippen LogP contribution in [0.2, 0.25) is 0 Å². The molecule has 166 valence electrons. The van der Waals surface area contributed by atoms with Gasteiger partial charge in [0.15, 0.2) is 11.5 Å². The Labute approximate surface area is 182 Å². The molecule has 2 aliphatic rings. The Hall–Kier alpha value is -2.77. The van der Waals surface area contributed by atoms with Gasteiger partial charge in [-0.3, -0.25) is 9.69 Å². The Kier molecular flexibility index (Phi) is 6.34. The highest BCUT2D eigenvalue weighted by molar-refractivity contribution is 5.74. The summed E-state index contributed by atoms with van der Waals surface area (Å²) in [6.07, 6.45) is 0.678. The summed E-state index contributed by atoms with van der Waals surface area (Å²) in [6.45, 7) is 5.43. The monoisotopic (exact) mass is 427 g/mol. The number of hydrogen-bond donors (Lipinski definition) is 1. The van der Waals surface area contributed by atoms with E-state index in [2.05, 4.69) is 11.8 Å². The van der Waals surface area contributed by atoms with E-state index in [0.29, 0.717) is 24.7 Å². The summed E-state index contributed by atoms with van der Waals surface area (Å²) in [7, 11) is 1.62. The molecule has 0 radical (unpaired) electrons. The second kappa shape index (κ2) is 9.16. The van der Waals surface area contributed by atoms with Gasteiger partial charge in [0.25, 0.3) is 0 Å². The van der Waals surface area contributed by atoms with Crippen molar-refractivity contribution in [3.63, 3.8) is 0 Å². The standard InChI is InChI=1S/C24H29NO6/c1-4-11-29-15(2)25-13-19(16-5-8-18(28-3)9-6-16)22(24(26)27)23(25)17-7-10-20-21(12-17)31-14-30-20/h5-10,12,15,19,22-23H,4,11,13-14H2,1-3H3,(H,26,27). The molecule has 0 amide bonds. The molecule has 4 atom stereocenters. The molecule has 1 saturated heterocycles. The van der Waals surface area contributed by atoms with E-state index in [-0.39, 0.29) is 25.0 Å². The first-order valence-corrected chi connectivity index (χ1v) is 10.7. The van der Waals surface area contributed by atoms with Crippen LogP contribution in [0.4, 0.5) is 0 Å². The van der Waals surface area contributed by atoms with Gasteiger partial charge in [0.05, 0.1) is 19.1 Å². The van der Waals surface area contributed by atoms with Crippen LogP contribution < -0.4 is 14.2 Å². The minimum Gasteiger partial charge on any atom is -0.497 e. The van der Waals surface area contributed by atoms with Crippen LogP contribution in [-0.4, -0.2) is 49.3 Å². The average Bonchev–Trinajstić information content (AvgIpc) is 3.41. The molecule has 0 aliphatic carbocycles. The van der Waals surface area contributed by atoms with Crippen LogP contribution in [0.15, 0.2) is 42.5 Å². The maximum absolute atomic E-state index is 12.6. The van der Waals surface area contributed by atoms with Crippen molar-refractivity contribution in [2.24, 2.45) is 5.92 Å². The van der Waals surface area contributed by atoms with Crippen LogP contribution >= 0.6 is 0 Å². The van der Waals surface area contributed by atoms with E-state index in [1.165, 1.54) is 0 Å². The fourth-order valence-electron chi connectivity index (χ4n) is 4.61. The van der Waals surface area contributed by atoms with Crippen molar-refractivity contribution in [3.8, 4) is 17.2 Å². The molecule has 0 spiro atoms. The number of carboxylic acid groups (broad SMARTS) is 1. The highest BCUT2D eigenvalue weighted by atomic mass is 16.7. The number of rotatable bonds is 8. The van der Waals surface area contributed by atoms with Crippen molar-refractivity contribution in [1.29, 1.82) is 0 Å². The minimum atomic E-state index is -0.825. The Balaban J connectivity index is 1.73. The molecular formula is C24H29NO6. The Bertz CT molecular complexity index is 915. The first kappa shape index (κ1) is 21.5. The number of fused-ring (bicyclic) bond motifs is 1. The van der Waals surface area contributed by atoms with E-state index in [9.17, 15) is 9.90 Å². The lowest BCUT2D eigenvalue weighted by Gasteiger charge is -2.32. The number of aliphatic carboxylic acids is 1. The van der Waals surface area contributed by atoms with Crippen molar-refractivity contribution >= 4 is 5.97 Å². The summed E-state index contributed by atoms with van der Waals surface area (Å²) in [4.78, 5) is 14.7. The molecule has 0 bridgehead atoms. The Morgan fingerprint density at radius 2 is 1.87 bits per heavy atom. The van der Waals surface area contributed by atoms with Gasteiger partial charge < -0.3 is 24.1 Å². The quantitative estimate of drug-likeness (QED) is 0.681. The maximum atomic E-state index is 12.6. The molecule has 0 aromatic heterocycles. The van der Waals surface area contributed by atoms with E-state index in [0.717, 1.165) is 23.3 Å². The topological polar surface area (TPSA) is 77.5 Å². The molecule has 4 rings (SSSR count). The molecule has 4 unspecified atom stereocenters. The average molecular weight is 427 g/mol. The number of benzene rings is 2. The van der Waals surface area contributed by atoms with Crippen LogP contribution in [0.1, 0.15) is 43.4 Å². The molecule has 31 heavy (non-hydrogen) atoms. The maximum Gasteiger partial charge on any atom is 0.309 e. The summed E-state index contributed by atoms with van der Waals surface area (Å²) in [5.74, 6) is 0.429. The van der Waals surface area contributed by atoms with E-state index in [4.69, 9.17) is 18.9 Å². The van der Waals surface area contributed by atoms with Crippen molar-refractivity contribution in [2.75, 3.05) is 27.1 Å². The summed E-state index contributed by atoms with van der Waals surface area (Å²) in [5, 5.41) is 10.3. The Morgan fingerprint density at radius 3 is 2.55 bits per heavy atom. The first-order valence-electron chi connectivity index (χ1n) is 10.7. The van der Waals surface area contributed by atoms with Crippen LogP contribution in [0, 0.1) is 5.92 Å². The molecule has 2 aromatic rings. The van der Waals surface area contributed by atoms with E-state index in [1.54, 1.807) is 7.11 Å². The fourth-order valence-corrected chi connectivity index (χ4v) is 4.61. The number of likely N-dealkylation sites (tertiary alicyclic amines) is 1. The lowest BCUT2D eigenvalue weighted by Crippen LogP contribution is -2.37. The lowest BCUT2D eigenvalue weighted by atomic mass is 9.83. The van der Waals surface area contributed by atoms with Crippen molar-refractivity contribution < 1.29 is 28.8 Å². The number of ether oxygens (including phenoxy) is 4. The molecular weight excluding hydrogens is 398 g/mol. The van der Waals surface area contributed by atoms with Gasteiger partial charge in [-0.15, -0.1) is 0 Å². The van der Waals surface area contributed by atoms with Crippen molar-refractivity contribution in [3.05, 3.63) is 53.6 Å². The first-order chi connectivity index (χ1) is 15.0. The predicted molar refractivity (Wildman–Crippen MR) is 115 cm³/mol. The van der Waals surface area contributed by atoms with Crippen LogP contribution in [0.5, 0.6) is 17.2 Å². The van der Waals surface area contributed by atoms with Gasteiger partial charge >= 0.3 is 5.97 Å². The second-order valence-corrected chi connectivity index (χ2v) is 7.97. The van der Waals surface area contributed by atoms with Gasteiger partial charge in [0, 0.05) is 19.1 Å². The number of carboxylic acids is 1. The van der Waals surface area contributed by atoms with Crippen molar-refractivity contribution in [1.82, 2.24) is 4.90 Å². The highest BCUT2D eigenvalue weighted by Crippen LogP contribution is 2.48. The minimum absolute atomic E-state index is 0.181. The molecule has 1 N–H and O–H groups in total. The molecule has 0 saturated carbocycles. The SMILES string of the molecule is CCCOC(C)N1CC(c2ccc(OC)cc2)C(C(=O)O)C1c1ccc2c(c1)OCO2. The smallest absolute Gasteiger partial charge is 0.309 e. The number of nitrogens with zero attached hydrogens (tertiary/aromatic N) is 1. The van der Waals surface area contributed by atoms with E-state index >= 15 is 0 Å². The van der Waals surface area contributed by atoms with E-state index < -0.39 is 11.9 Å².